The van der Waals surface area contributed by atoms with E-state index in [0.717, 1.165) is 77.0 Å². The first kappa shape index (κ1) is 72.6. The average molecular weight is 1050 g/mol. The second kappa shape index (κ2) is 64.2. The molecule has 6 nitrogen and oxygen atoms in total. The third-order valence-corrected chi connectivity index (χ3v) is 15.1. The van der Waals surface area contributed by atoms with Gasteiger partial charge < -0.3 is 14.2 Å². The summed E-state index contributed by atoms with van der Waals surface area (Å²) in [6.07, 6.45) is 79.2. The lowest BCUT2D eigenvalue weighted by molar-refractivity contribution is -0.167. The Kier molecular flexibility index (Phi) is 62.1. The third-order valence-electron chi connectivity index (χ3n) is 15.1. The molecule has 1 atom stereocenters. The Balaban J connectivity index is 3.94. The van der Waals surface area contributed by atoms with Crippen molar-refractivity contribution in [3.63, 3.8) is 0 Å². The number of unbranched alkanes of at least 4 members (excludes halogenated alkanes) is 45. The average Bonchev–Trinajstić information content (AvgIpc) is 3.41. The van der Waals surface area contributed by atoms with Crippen LogP contribution < -0.4 is 0 Å². The molecule has 0 aromatic rings. The van der Waals surface area contributed by atoms with Crippen molar-refractivity contribution in [2.24, 2.45) is 0 Å². The first-order chi connectivity index (χ1) is 37.0. The van der Waals surface area contributed by atoms with E-state index in [1.807, 2.05) is 0 Å². The van der Waals surface area contributed by atoms with E-state index >= 15 is 0 Å². The fourth-order valence-electron chi connectivity index (χ4n) is 9.99. The van der Waals surface area contributed by atoms with E-state index in [1.165, 1.54) is 250 Å². The predicted molar refractivity (Wildman–Crippen MR) is 326 cm³/mol. The first-order valence-electron chi connectivity index (χ1n) is 33.5. The minimum absolute atomic E-state index is 0.0744. The SMILES string of the molecule is CCCC/C=C\CCCCCCCC(=O)OCC(COC(=O)CCCCCCCCCCCCCCCCCCCCCCCCC/C=C\CCCCCCCCCC)OC(=O)CCCCCCC/C=C\CCCC. The molecule has 0 aromatic carbocycles. The van der Waals surface area contributed by atoms with E-state index in [2.05, 4.69) is 57.2 Å². The van der Waals surface area contributed by atoms with Gasteiger partial charge in [-0.1, -0.05) is 301 Å². The molecule has 0 spiro atoms. The topological polar surface area (TPSA) is 78.9 Å². The lowest BCUT2D eigenvalue weighted by Crippen LogP contribution is -2.30. The standard InChI is InChI=1S/C69H128O6/c1-4-7-10-13-16-19-22-23-24-25-26-27-28-29-30-31-32-33-34-35-36-37-38-39-40-41-42-43-44-45-48-50-53-56-59-62-68(71)74-65-66(75-69(72)63-60-57-54-51-47-21-18-15-12-9-6-3)64-73-67(70)61-58-55-52-49-46-20-17-14-11-8-5-2/h14-15,17-18,25-26,66H,4-13,16,19-24,27-65H2,1-3H3/b17-14-,18-15-,26-25-. The fraction of sp³-hybridized carbons (Fsp3) is 0.870. The maximum atomic E-state index is 12.8. The van der Waals surface area contributed by atoms with E-state index in [9.17, 15) is 14.4 Å². The second-order valence-electron chi connectivity index (χ2n) is 22.7. The van der Waals surface area contributed by atoms with Crippen LogP contribution in [0.15, 0.2) is 36.5 Å². The van der Waals surface area contributed by atoms with Crippen LogP contribution in [0.4, 0.5) is 0 Å². The molecule has 440 valence electrons. The highest BCUT2D eigenvalue weighted by Gasteiger charge is 2.19. The highest BCUT2D eigenvalue weighted by molar-refractivity contribution is 5.71. The summed E-state index contributed by atoms with van der Waals surface area (Å²) in [4.78, 5) is 38.1. The van der Waals surface area contributed by atoms with Crippen molar-refractivity contribution in [3.8, 4) is 0 Å². The zero-order valence-electron chi connectivity index (χ0n) is 50.6. The van der Waals surface area contributed by atoms with Crippen LogP contribution in [0.1, 0.15) is 367 Å². The van der Waals surface area contributed by atoms with Crippen LogP contribution in [-0.4, -0.2) is 37.2 Å². The monoisotopic (exact) mass is 1050 g/mol. The van der Waals surface area contributed by atoms with Gasteiger partial charge in [0, 0.05) is 19.3 Å². The van der Waals surface area contributed by atoms with Crippen LogP contribution in [0.5, 0.6) is 0 Å². The van der Waals surface area contributed by atoms with Crippen molar-refractivity contribution in [3.05, 3.63) is 36.5 Å². The normalized spacial score (nSPS) is 12.2. The molecule has 1 unspecified atom stereocenters. The smallest absolute Gasteiger partial charge is 0.306 e. The van der Waals surface area contributed by atoms with Gasteiger partial charge in [-0.3, -0.25) is 14.4 Å². The van der Waals surface area contributed by atoms with Gasteiger partial charge in [0.2, 0.25) is 0 Å². The van der Waals surface area contributed by atoms with Gasteiger partial charge in [-0.25, -0.2) is 0 Å². The minimum atomic E-state index is -0.776. The highest BCUT2D eigenvalue weighted by atomic mass is 16.6. The summed E-state index contributed by atoms with van der Waals surface area (Å²) in [5.41, 5.74) is 0. The molecule has 0 bridgehead atoms. The van der Waals surface area contributed by atoms with Crippen molar-refractivity contribution in [1.29, 1.82) is 0 Å². The molecule has 0 heterocycles. The molecular formula is C69H128O6. The maximum absolute atomic E-state index is 12.8. The van der Waals surface area contributed by atoms with Crippen molar-refractivity contribution in [2.75, 3.05) is 13.2 Å². The predicted octanol–water partition coefficient (Wildman–Crippen LogP) is 22.8. The largest absolute Gasteiger partial charge is 0.462 e. The summed E-state index contributed by atoms with van der Waals surface area (Å²) in [7, 11) is 0. The van der Waals surface area contributed by atoms with Crippen molar-refractivity contribution in [1.82, 2.24) is 0 Å². The molecule has 75 heavy (non-hydrogen) atoms. The van der Waals surface area contributed by atoms with Crippen molar-refractivity contribution in [2.45, 2.75) is 374 Å². The highest BCUT2D eigenvalue weighted by Crippen LogP contribution is 2.18. The van der Waals surface area contributed by atoms with Crippen molar-refractivity contribution >= 4 is 17.9 Å². The molecule has 0 radical (unpaired) electrons. The third kappa shape index (κ3) is 62.4. The Morgan fingerprint density at radius 2 is 0.453 bits per heavy atom. The van der Waals surface area contributed by atoms with Gasteiger partial charge in [-0.15, -0.1) is 0 Å². The fourth-order valence-corrected chi connectivity index (χ4v) is 9.99. The van der Waals surface area contributed by atoms with E-state index in [4.69, 9.17) is 14.2 Å². The van der Waals surface area contributed by atoms with Crippen LogP contribution in [0.3, 0.4) is 0 Å². The van der Waals surface area contributed by atoms with E-state index in [0.29, 0.717) is 19.3 Å². The molecule has 6 heteroatoms. The summed E-state index contributed by atoms with van der Waals surface area (Å²) in [5.74, 6) is -0.877. The summed E-state index contributed by atoms with van der Waals surface area (Å²) in [5, 5.41) is 0. The van der Waals surface area contributed by atoms with Crippen LogP contribution >= 0.6 is 0 Å². The number of carbonyl (C=O) groups is 3. The molecular weight excluding hydrogens is 925 g/mol. The van der Waals surface area contributed by atoms with Gasteiger partial charge in [0.1, 0.15) is 13.2 Å². The summed E-state index contributed by atoms with van der Waals surface area (Å²) < 4.78 is 16.8. The number of rotatable bonds is 62. The molecule has 0 fully saturated rings. The van der Waals surface area contributed by atoms with Gasteiger partial charge >= 0.3 is 17.9 Å². The minimum Gasteiger partial charge on any atom is -0.462 e. The summed E-state index contributed by atoms with van der Waals surface area (Å²) >= 11 is 0. The van der Waals surface area contributed by atoms with E-state index < -0.39 is 6.10 Å². The molecule has 0 N–H and O–H groups in total. The summed E-state index contributed by atoms with van der Waals surface area (Å²) in [6.45, 7) is 6.59. The molecule has 0 rings (SSSR count). The molecule has 0 saturated heterocycles. The molecule has 0 aliphatic heterocycles. The Morgan fingerprint density at radius 3 is 0.707 bits per heavy atom. The molecule has 0 aliphatic rings. The van der Waals surface area contributed by atoms with Gasteiger partial charge in [0.25, 0.3) is 0 Å². The Bertz CT molecular complexity index is 1250. The molecule has 0 saturated carbocycles. The Hall–Kier alpha value is -2.37. The maximum Gasteiger partial charge on any atom is 0.306 e. The zero-order chi connectivity index (χ0) is 54.3. The van der Waals surface area contributed by atoms with E-state index in [1.54, 1.807) is 0 Å². The number of hydrogen-bond acceptors (Lipinski definition) is 6. The van der Waals surface area contributed by atoms with Gasteiger partial charge in [0.15, 0.2) is 6.10 Å². The van der Waals surface area contributed by atoms with Gasteiger partial charge in [0.05, 0.1) is 0 Å². The lowest BCUT2D eigenvalue weighted by atomic mass is 10.0. The lowest BCUT2D eigenvalue weighted by Gasteiger charge is -2.18. The molecule has 0 aromatic heterocycles. The number of hydrogen-bond donors (Lipinski definition) is 0. The number of esters is 3. The number of ether oxygens (including phenoxy) is 3. The number of allylic oxidation sites excluding steroid dienone is 6. The van der Waals surface area contributed by atoms with Crippen LogP contribution in [-0.2, 0) is 28.6 Å². The zero-order valence-corrected chi connectivity index (χ0v) is 50.6. The van der Waals surface area contributed by atoms with Crippen molar-refractivity contribution < 1.29 is 28.6 Å². The first-order valence-corrected chi connectivity index (χ1v) is 33.5. The van der Waals surface area contributed by atoms with Gasteiger partial charge in [-0.05, 0) is 83.5 Å². The quantitative estimate of drug-likeness (QED) is 0.0261. The Morgan fingerprint density at radius 1 is 0.253 bits per heavy atom. The Labute approximate surface area is 467 Å². The van der Waals surface area contributed by atoms with Crippen LogP contribution in [0, 0.1) is 0 Å². The van der Waals surface area contributed by atoms with E-state index in [-0.39, 0.29) is 31.1 Å². The van der Waals surface area contributed by atoms with Crippen LogP contribution in [0.25, 0.3) is 0 Å². The summed E-state index contributed by atoms with van der Waals surface area (Å²) in [6, 6.07) is 0. The molecule has 0 aliphatic carbocycles. The second-order valence-corrected chi connectivity index (χ2v) is 22.7. The molecule has 0 amide bonds. The number of carbonyl (C=O) groups excluding carboxylic acids is 3. The van der Waals surface area contributed by atoms with Gasteiger partial charge in [-0.2, -0.15) is 0 Å². The van der Waals surface area contributed by atoms with Crippen LogP contribution in [0.2, 0.25) is 0 Å².